The van der Waals surface area contributed by atoms with Gasteiger partial charge in [0.15, 0.2) is 0 Å². The Bertz CT molecular complexity index is 334. The molecule has 1 aromatic rings. The number of carbonyl (C=O) groups is 1. The van der Waals surface area contributed by atoms with Crippen LogP contribution >= 0.6 is 0 Å². The van der Waals surface area contributed by atoms with Crippen LogP contribution < -0.4 is 5.43 Å². The Kier molecular flexibility index (Phi) is 3.03. The number of nitrogens with zero attached hydrogens (tertiary/aromatic N) is 1. The van der Waals surface area contributed by atoms with Crippen LogP contribution in [-0.4, -0.2) is 17.3 Å². The van der Waals surface area contributed by atoms with Crippen molar-refractivity contribution in [2.75, 3.05) is 5.43 Å². The molecule has 0 bridgehead atoms. The Morgan fingerprint density at radius 1 is 1.54 bits per heavy atom. The maximum atomic E-state index is 10.7. The zero-order valence-corrected chi connectivity index (χ0v) is 7.19. The maximum absolute atomic E-state index is 10.7. The van der Waals surface area contributed by atoms with E-state index in [1.807, 2.05) is 0 Å². The molecular formula is C9H10N2O2. The Morgan fingerprint density at radius 2 is 2.23 bits per heavy atom. The lowest BCUT2D eigenvalue weighted by molar-refractivity contribution is 0.0698. The SMILES string of the molecule is C/C=N/Nc1ccccc1C(=O)O. The molecule has 13 heavy (non-hydrogen) atoms. The predicted molar refractivity (Wildman–Crippen MR) is 51.2 cm³/mol. The predicted octanol–water partition coefficient (Wildman–Crippen LogP) is 1.80. The molecule has 0 atom stereocenters. The topological polar surface area (TPSA) is 61.7 Å². The van der Waals surface area contributed by atoms with Gasteiger partial charge in [-0.3, -0.25) is 5.43 Å². The van der Waals surface area contributed by atoms with Crippen molar-refractivity contribution >= 4 is 17.9 Å². The fraction of sp³-hybridized carbons (Fsp3) is 0.111. The van der Waals surface area contributed by atoms with Crippen LogP contribution in [0.1, 0.15) is 17.3 Å². The molecule has 4 nitrogen and oxygen atoms in total. The van der Waals surface area contributed by atoms with Crippen molar-refractivity contribution < 1.29 is 9.90 Å². The fourth-order valence-corrected chi connectivity index (χ4v) is 0.901. The van der Waals surface area contributed by atoms with Crippen LogP contribution in [-0.2, 0) is 0 Å². The smallest absolute Gasteiger partial charge is 0.337 e. The number of hydrazone groups is 1. The first-order valence-electron chi connectivity index (χ1n) is 3.81. The molecule has 0 saturated carbocycles. The first kappa shape index (κ1) is 9.25. The van der Waals surface area contributed by atoms with Gasteiger partial charge in [-0.15, -0.1) is 0 Å². The number of nitrogens with one attached hydrogen (secondary N) is 1. The van der Waals surface area contributed by atoms with E-state index < -0.39 is 5.97 Å². The summed E-state index contributed by atoms with van der Waals surface area (Å²) in [6.45, 7) is 1.75. The van der Waals surface area contributed by atoms with E-state index in [1.165, 1.54) is 6.07 Å². The van der Waals surface area contributed by atoms with Gasteiger partial charge in [-0.05, 0) is 19.1 Å². The van der Waals surface area contributed by atoms with Crippen molar-refractivity contribution in [3.63, 3.8) is 0 Å². The average Bonchev–Trinajstić information content (AvgIpc) is 2.15. The van der Waals surface area contributed by atoms with Gasteiger partial charge < -0.3 is 5.11 Å². The number of anilines is 1. The minimum Gasteiger partial charge on any atom is -0.478 e. The summed E-state index contributed by atoms with van der Waals surface area (Å²) < 4.78 is 0. The number of rotatable bonds is 3. The van der Waals surface area contributed by atoms with E-state index in [9.17, 15) is 4.79 Å². The van der Waals surface area contributed by atoms with Crippen LogP contribution in [0.25, 0.3) is 0 Å². The molecule has 2 N–H and O–H groups in total. The number of aromatic carboxylic acids is 1. The lowest BCUT2D eigenvalue weighted by Gasteiger charge is -2.03. The second kappa shape index (κ2) is 4.25. The molecule has 1 rings (SSSR count). The largest absolute Gasteiger partial charge is 0.478 e. The van der Waals surface area contributed by atoms with E-state index in [0.29, 0.717) is 5.69 Å². The summed E-state index contributed by atoms with van der Waals surface area (Å²) in [5.41, 5.74) is 3.34. The molecule has 0 aliphatic rings. The first-order chi connectivity index (χ1) is 6.25. The van der Waals surface area contributed by atoms with E-state index >= 15 is 0 Å². The van der Waals surface area contributed by atoms with Gasteiger partial charge in [0.1, 0.15) is 0 Å². The number of para-hydroxylation sites is 1. The molecule has 4 heteroatoms. The highest BCUT2D eigenvalue weighted by molar-refractivity contribution is 5.94. The Balaban J connectivity index is 2.97. The number of carboxylic acid groups (broad SMARTS) is 1. The summed E-state index contributed by atoms with van der Waals surface area (Å²) in [6.07, 6.45) is 1.55. The van der Waals surface area contributed by atoms with E-state index in [2.05, 4.69) is 10.5 Å². The number of hydrogen-bond acceptors (Lipinski definition) is 3. The Hall–Kier alpha value is -1.84. The van der Waals surface area contributed by atoms with Gasteiger partial charge in [0.05, 0.1) is 11.3 Å². The number of carboxylic acids is 1. The molecule has 0 fully saturated rings. The van der Waals surface area contributed by atoms with Crippen molar-refractivity contribution in [1.29, 1.82) is 0 Å². The number of benzene rings is 1. The third kappa shape index (κ3) is 2.30. The highest BCUT2D eigenvalue weighted by atomic mass is 16.4. The standard InChI is InChI=1S/C9H10N2O2/c1-2-10-11-8-6-4-3-5-7(8)9(12)13/h2-6,11H,1H3,(H,12,13)/b10-2+. The summed E-state index contributed by atoms with van der Waals surface area (Å²) in [7, 11) is 0. The van der Waals surface area contributed by atoms with Crippen LogP contribution in [0, 0.1) is 0 Å². The minimum atomic E-state index is -0.964. The van der Waals surface area contributed by atoms with Gasteiger partial charge in [0.25, 0.3) is 0 Å². The molecule has 0 radical (unpaired) electrons. The summed E-state index contributed by atoms with van der Waals surface area (Å²) in [5, 5.41) is 12.5. The molecule has 0 unspecified atom stereocenters. The summed E-state index contributed by atoms with van der Waals surface area (Å²) in [5.74, 6) is -0.964. The van der Waals surface area contributed by atoms with Crippen molar-refractivity contribution in [2.45, 2.75) is 6.92 Å². The Labute approximate surface area is 75.9 Å². The zero-order valence-electron chi connectivity index (χ0n) is 7.19. The van der Waals surface area contributed by atoms with E-state index in [0.717, 1.165) is 0 Å². The van der Waals surface area contributed by atoms with Crippen LogP contribution in [0.4, 0.5) is 5.69 Å². The van der Waals surface area contributed by atoms with Crippen LogP contribution in [0.15, 0.2) is 29.4 Å². The minimum absolute atomic E-state index is 0.216. The van der Waals surface area contributed by atoms with Gasteiger partial charge in [-0.2, -0.15) is 5.10 Å². The molecule has 0 saturated heterocycles. The van der Waals surface area contributed by atoms with Crippen LogP contribution in [0.5, 0.6) is 0 Å². The third-order valence-corrected chi connectivity index (χ3v) is 1.47. The molecule has 0 aromatic heterocycles. The second-order valence-corrected chi connectivity index (χ2v) is 2.35. The van der Waals surface area contributed by atoms with E-state index in [-0.39, 0.29) is 5.56 Å². The monoisotopic (exact) mass is 178 g/mol. The average molecular weight is 178 g/mol. The first-order valence-corrected chi connectivity index (χ1v) is 3.81. The van der Waals surface area contributed by atoms with Gasteiger partial charge in [-0.25, -0.2) is 4.79 Å². The molecule has 0 aliphatic carbocycles. The highest BCUT2D eigenvalue weighted by Gasteiger charge is 2.06. The van der Waals surface area contributed by atoms with E-state index in [1.54, 1.807) is 31.3 Å². The molecular weight excluding hydrogens is 168 g/mol. The lowest BCUT2D eigenvalue weighted by atomic mass is 10.2. The maximum Gasteiger partial charge on any atom is 0.337 e. The van der Waals surface area contributed by atoms with Crippen molar-refractivity contribution in [1.82, 2.24) is 0 Å². The summed E-state index contributed by atoms with van der Waals surface area (Å²) in [6, 6.07) is 6.61. The van der Waals surface area contributed by atoms with Crippen molar-refractivity contribution in [3.05, 3.63) is 29.8 Å². The van der Waals surface area contributed by atoms with Gasteiger partial charge >= 0.3 is 5.97 Å². The van der Waals surface area contributed by atoms with Crippen molar-refractivity contribution in [2.24, 2.45) is 5.10 Å². The molecule has 0 aliphatic heterocycles. The van der Waals surface area contributed by atoms with Crippen LogP contribution in [0.3, 0.4) is 0 Å². The second-order valence-electron chi connectivity index (χ2n) is 2.35. The quantitative estimate of drug-likeness (QED) is 0.548. The number of hydrogen-bond donors (Lipinski definition) is 2. The van der Waals surface area contributed by atoms with Gasteiger partial charge in [0.2, 0.25) is 0 Å². The normalized spacial score (nSPS) is 10.2. The molecule has 68 valence electrons. The lowest BCUT2D eigenvalue weighted by Crippen LogP contribution is -2.01. The van der Waals surface area contributed by atoms with Crippen molar-refractivity contribution in [3.8, 4) is 0 Å². The van der Waals surface area contributed by atoms with Gasteiger partial charge in [0, 0.05) is 6.21 Å². The Morgan fingerprint density at radius 3 is 2.85 bits per heavy atom. The summed E-state index contributed by atoms with van der Waals surface area (Å²) >= 11 is 0. The molecule has 0 spiro atoms. The third-order valence-electron chi connectivity index (χ3n) is 1.47. The summed E-state index contributed by atoms with van der Waals surface area (Å²) in [4.78, 5) is 10.7. The molecule has 1 aromatic carbocycles. The van der Waals surface area contributed by atoms with Crippen LogP contribution in [0.2, 0.25) is 0 Å². The zero-order chi connectivity index (χ0) is 9.68. The van der Waals surface area contributed by atoms with Gasteiger partial charge in [-0.1, -0.05) is 12.1 Å². The molecule has 0 heterocycles. The molecule has 0 amide bonds. The highest BCUT2D eigenvalue weighted by Crippen LogP contribution is 2.14. The van der Waals surface area contributed by atoms with E-state index in [4.69, 9.17) is 5.11 Å². The fourth-order valence-electron chi connectivity index (χ4n) is 0.901.